The van der Waals surface area contributed by atoms with Gasteiger partial charge < -0.3 is 10.5 Å². The molecule has 2 N–H and O–H groups in total. The zero-order chi connectivity index (χ0) is 13.3. The van der Waals surface area contributed by atoms with E-state index in [1.807, 2.05) is 30.3 Å². The van der Waals surface area contributed by atoms with Crippen LogP contribution in [0.1, 0.15) is 25.7 Å². The van der Waals surface area contributed by atoms with E-state index >= 15 is 0 Å². The Hall–Kier alpha value is -1.25. The van der Waals surface area contributed by atoms with Crippen molar-refractivity contribution in [2.24, 2.45) is 5.73 Å². The molecule has 2 aromatic rings. The van der Waals surface area contributed by atoms with Crippen LogP contribution in [0.15, 0.2) is 36.4 Å². The van der Waals surface area contributed by atoms with E-state index in [0.717, 1.165) is 40.8 Å². The van der Waals surface area contributed by atoms with Gasteiger partial charge in [-0.3, -0.25) is 0 Å². The van der Waals surface area contributed by atoms with Gasteiger partial charge >= 0.3 is 0 Å². The van der Waals surface area contributed by atoms with Crippen LogP contribution in [0.4, 0.5) is 0 Å². The summed E-state index contributed by atoms with van der Waals surface area (Å²) in [5.74, 6) is 0.924. The molecular weight excluding hydrogens is 258 g/mol. The second kappa shape index (κ2) is 5.03. The summed E-state index contributed by atoms with van der Waals surface area (Å²) < 4.78 is 6.31. The zero-order valence-electron chi connectivity index (χ0n) is 10.9. The number of hydrogen-bond acceptors (Lipinski definition) is 2. The third kappa shape index (κ3) is 2.31. The Bertz CT molecular complexity index is 592. The van der Waals surface area contributed by atoms with Crippen molar-refractivity contribution in [1.82, 2.24) is 0 Å². The van der Waals surface area contributed by atoms with Gasteiger partial charge in [-0.25, -0.2) is 0 Å². The topological polar surface area (TPSA) is 35.2 Å². The molecule has 0 spiro atoms. The van der Waals surface area contributed by atoms with Gasteiger partial charge in [0.2, 0.25) is 0 Å². The molecule has 2 aromatic carbocycles. The first-order valence-electron chi connectivity index (χ1n) is 6.80. The minimum Gasteiger partial charge on any atom is -0.487 e. The van der Waals surface area contributed by atoms with E-state index in [-0.39, 0.29) is 5.60 Å². The van der Waals surface area contributed by atoms with Gasteiger partial charge in [0.1, 0.15) is 11.4 Å². The van der Waals surface area contributed by atoms with E-state index in [2.05, 4.69) is 6.07 Å². The van der Waals surface area contributed by atoms with Gasteiger partial charge in [0.05, 0.1) is 0 Å². The van der Waals surface area contributed by atoms with Crippen molar-refractivity contribution < 1.29 is 4.74 Å². The third-order valence-corrected chi connectivity index (χ3v) is 4.35. The van der Waals surface area contributed by atoms with E-state index in [0.29, 0.717) is 6.54 Å². The lowest BCUT2D eigenvalue weighted by molar-refractivity contribution is -0.0112. The molecule has 0 aliphatic heterocycles. The van der Waals surface area contributed by atoms with Crippen molar-refractivity contribution in [2.45, 2.75) is 31.3 Å². The van der Waals surface area contributed by atoms with Crippen LogP contribution in [0.3, 0.4) is 0 Å². The SMILES string of the molecule is NCCC1(Oc2ccc(Cl)c3ccccc23)CCC1. The normalized spacial score (nSPS) is 17.2. The number of benzene rings is 2. The minimum absolute atomic E-state index is 0.0502. The maximum absolute atomic E-state index is 6.31. The van der Waals surface area contributed by atoms with Crippen LogP contribution in [0.25, 0.3) is 10.8 Å². The summed E-state index contributed by atoms with van der Waals surface area (Å²) in [6, 6.07) is 12.0. The summed E-state index contributed by atoms with van der Waals surface area (Å²) >= 11 is 6.23. The number of halogens is 1. The summed E-state index contributed by atoms with van der Waals surface area (Å²) in [5.41, 5.74) is 5.66. The summed E-state index contributed by atoms with van der Waals surface area (Å²) in [5, 5.41) is 2.90. The molecule has 0 atom stereocenters. The maximum atomic E-state index is 6.31. The molecule has 19 heavy (non-hydrogen) atoms. The molecule has 1 aliphatic carbocycles. The fourth-order valence-corrected chi connectivity index (χ4v) is 3.02. The van der Waals surface area contributed by atoms with E-state index < -0.39 is 0 Å². The zero-order valence-corrected chi connectivity index (χ0v) is 11.6. The maximum Gasteiger partial charge on any atom is 0.128 e. The highest BCUT2D eigenvalue weighted by atomic mass is 35.5. The van der Waals surface area contributed by atoms with Crippen LogP contribution < -0.4 is 10.5 Å². The van der Waals surface area contributed by atoms with Gasteiger partial charge in [0, 0.05) is 15.8 Å². The quantitative estimate of drug-likeness (QED) is 0.910. The molecule has 100 valence electrons. The molecule has 0 aromatic heterocycles. The predicted octanol–water partition coefficient (Wildman–Crippen LogP) is 4.14. The van der Waals surface area contributed by atoms with Crippen LogP contribution >= 0.6 is 11.6 Å². The Morgan fingerprint density at radius 2 is 1.84 bits per heavy atom. The molecule has 0 heterocycles. The van der Waals surface area contributed by atoms with Crippen LogP contribution in [-0.2, 0) is 0 Å². The number of rotatable bonds is 4. The Kier molecular flexibility index (Phi) is 3.38. The van der Waals surface area contributed by atoms with E-state index in [4.69, 9.17) is 22.1 Å². The highest BCUT2D eigenvalue weighted by Gasteiger charge is 2.38. The standard InChI is InChI=1S/C16H18ClNO/c17-14-6-7-15(13-5-2-1-4-12(13)14)19-16(10-11-18)8-3-9-16/h1-2,4-7H,3,8-11,18H2. The van der Waals surface area contributed by atoms with Crippen LogP contribution in [0, 0.1) is 0 Å². The Labute approximate surface area is 118 Å². The molecule has 0 bridgehead atoms. The number of nitrogens with two attached hydrogens (primary N) is 1. The number of hydrogen-bond donors (Lipinski definition) is 1. The molecule has 1 aliphatic rings. The first-order chi connectivity index (χ1) is 9.24. The molecule has 1 saturated carbocycles. The molecular formula is C16H18ClNO. The fraction of sp³-hybridized carbons (Fsp3) is 0.375. The average Bonchev–Trinajstić information content (AvgIpc) is 2.40. The smallest absolute Gasteiger partial charge is 0.128 e. The van der Waals surface area contributed by atoms with Crippen molar-refractivity contribution in [2.75, 3.05) is 6.54 Å². The summed E-state index contributed by atoms with van der Waals surface area (Å²) in [4.78, 5) is 0. The van der Waals surface area contributed by atoms with E-state index in [1.54, 1.807) is 0 Å². The monoisotopic (exact) mass is 275 g/mol. The Morgan fingerprint density at radius 1 is 1.11 bits per heavy atom. The second-order valence-electron chi connectivity index (χ2n) is 5.27. The summed E-state index contributed by atoms with van der Waals surface area (Å²) in [6.07, 6.45) is 4.35. The average molecular weight is 276 g/mol. The van der Waals surface area contributed by atoms with Crippen LogP contribution in [0.2, 0.25) is 5.02 Å². The fourth-order valence-electron chi connectivity index (χ4n) is 2.79. The lowest BCUT2D eigenvalue weighted by atomic mass is 9.77. The van der Waals surface area contributed by atoms with Gasteiger partial charge in [0.15, 0.2) is 0 Å². The third-order valence-electron chi connectivity index (χ3n) is 4.02. The minimum atomic E-state index is -0.0502. The van der Waals surface area contributed by atoms with Gasteiger partial charge in [0.25, 0.3) is 0 Å². The number of ether oxygens (including phenoxy) is 1. The molecule has 3 rings (SSSR count). The lowest BCUT2D eigenvalue weighted by Gasteiger charge is -2.42. The van der Waals surface area contributed by atoms with Crippen molar-refractivity contribution in [1.29, 1.82) is 0 Å². The molecule has 0 radical (unpaired) electrons. The lowest BCUT2D eigenvalue weighted by Crippen LogP contribution is -2.44. The molecule has 3 heteroatoms. The summed E-state index contributed by atoms with van der Waals surface area (Å²) in [6.45, 7) is 0.672. The Balaban J connectivity index is 1.99. The van der Waals surface area contributed by atoms with E-state index in [9.17, 15) is 0 Å². The van der Waals surface area contributed by atoms with Gasteiger partial charge in [-0.15, -0.1) is 0 Å². The van der Waals surface area contributed by atoms with Crippen LogP contribution in [-0.4, -0.2) is 12.1 Å². The molecule has 0 saturated heterocycles. The summed E-state index contributed by atoms with van der Waals surface area (Å²) in [7, 11) is 0. The van der Waals surface area contributed by atoms with Crippen molar-refractivity contribution >= 4 is 22.4 Å². The van der Waals surface area contributed by atoms with Crippen molar-refractivity contribution in [3.63, 3.8) is 0 Å². The van der Waals surface area contributed by atoms with Gasteiger partial charge in [-0.2, -0.15) is 0 Å². The molecule has 0 unspecified atom stereocenters. The second-order valence-corrected chi connectivity index (χ2v) is 5.68. The van der Waals surface area contributed by atoms with Gasteiger partial charge in [-0.05, 0) is 44.4 Å². The molecule has 1 fully saturated rings. The molecule has 2 nitrogen and oxygen atoms in total. The number of fused-ring (bicyclic) bond motifs is 1. The highest BCUT2D eigenvalue weighted by molar-refractivity contribution is 6.35. The Morgan fingerprint density at radius 3 is 2.47 bits per heavy atom. The van der Waals surface area contributed by atoms with Crippen molar-refractivity contribution in [3.8, 4) is 5.75 Å². The molecule has 0 amide bonds. The van der Waals surface area contributed by atoms with Gasteiger partial charge in [-0.1, -0.05) is 35.9 Å². The van der Waals surface area contributed by atoms with Crippen LogP contribution in [0.5, 0.6) is 5.75 Å². The highest BCUT2D eigenvalue weighted by Crippen LogP contribution is 2.41. The first kappa shape index (κ1) is 12.8. The van der Waals surface area contributed by atoms with E-state index in [1.165, 1.54) is 6.42 Å². The van der Waals surface area contributed by atoms with Crippen molar-refractivity contribution in [3.05, 3.63) is 41.4 Å². The largest absolute Gasteiger partial charge is 0.487 e. The first-order valence-corrected chi connectivity index (χ1v) is 7.18. The predicted molar refractivity (Wildman–Crippen MR) is 79.8 cm³/mol.